The Labute approximate surface area is 113 Å². The average Bonchev–Trinajstić information content (AvgIpc) is 2.44. The van der Waals surface area contributed by atoms with Crippen molar-refractivity contribution in [1.29, 1.82) is 0 Å². The highest BCUT2D eigenvalue weighted by atomic mass is 15.2. The number of pyridine rings is 1. The fourth-order valence-corrected chi connectivity index (χ4v) is 2.74. The number of aromatic nitrogens is 1. The van der Waals surface area contributed by atoms with Crippen molar-refractivity contribution in [3.05, 3.63) is 59.4 Å². The molecule has 0 saturated carbocycles. The van der Waals surface area contributed by atoms with Crippen LogP contribution >= 0.6 is 0 Å². The molecule has 1 aliphatic rings. The van der Waals surface area contributed by atoms with E-state index in [1.54, 1.807) is 0 Å². The SMILES string of the molecule is Cc1ccccc1C1(C)c2ncccc2N=CN1C. The number of hydrogen-bond donors (Lipinski definition) is 0. The van der Waals surface area contributed by atoms with E-state index in [4.69, 9.17) is 0 Å². The number of aryl methyl sites for hydroxylation is 1. The second-order valence-electron chi connectivity index (χ2n) is 5.11. The molecule has 1 aromatic carbocycles. The van der Waals surface area contributed by atoms with Crippen LogP contribution in [0.4, 0.5) is 5.69 Å². The standard InChI is InChI=1S/C16H17N3/c1-12-7-4-5-8-13(12)16(2)15-14(9-6-10-17-15)18-11-19(16)3/h4-11H,1-3H3. The molecule has 1 atom stereocenters. The summed E-state index contributed by atoms with van der Waals surface area (Å²) in [5.74, 6) is 0. The zero-order valence-corrected chi connectivity index (χ0v) is 11.5. The van der Waals surface area contributed by atoms with Gasteiger partial charge in [0, 0.05) is 13.2 Å². The van der Waals surface area contributed by atoms with Crippen molar-refractivity contribution < 1.29 is 0 Å². The number of nitrogens with zero attached hydrogens (tertiary/aromatic N) is 3. The molecular formula is C16H17N3. The maximum atomic E-state index is 4.58. The first-order valence-electron chi connectivity index (χ1n) is 6.43. The molecule has 1 aliphatic heterocycles. The minimum absolute atomic E-state index is 0.274. The van der Waals surface area contributed by atoms with Gasteiger partial charge in [-0.15, -0.1) is 0 Å². The number of rotatable bonds is 1. The Kier molecular flexibility index (Phi) is 2.63. The third-order valence-corrected chi connectivity index (χ3v) is 3.99. The van der Waals surface area contributed by atoms with Crippen LogP contribution in [0, 0.1) is 6.92 Å². The van der Waals surface area contributed by atoms with E-state index < -0.39 is 0 Å². The van der Waals surface area contributed by atoms with Crippen molar-refractivity contribution in [3.8, 4) is 0 Å². The molecule has 0 spiro atoms. The van der Waals surface area contributed by atoms with E-state index in [2.05, 4.69) is 53.0 Å². The van der Waals surface area contributed by atoms with Gasteiger partial charge >= 0.3 is 0 Å². The van der Waals surface area contributed by atoms with E-state index in [9.17, 15) is 0 Å². The summed E-state index contributed by atoms with van der Waals surface area (Å²) in [6.07, 6.45) is 3.72. The highest BCUT2D eigenvalue weighted by Crippen LogP contribution is 2.41. The van der Waals surface area contributed by atoms with Gasteiger partial charge in [0.2, 0.25) is 0 Å². The van der Waals surface area contributed by atoms with Crippen molar-refractivity contribution >= 4 is 12.0 Å². The van der Waals surface area contributed by atoms with Gasteiger partial charge in [-0.1, -0.05) is 24.3 Å². The van der Waals surface area contributed by atoms with Gasteiger partial charge in [-0.05, 0) is 37.1 Å². The van der Waals surface area contributed by atoms with E-state index >= 15 is 0 Å². The van der Waals surface area contributed by atoms with Crippen LogP contribution in [0.5, 0.6) is 0 Å². The van der Waals surface area contributed by atoms with E-state index in [1.165, 1.54) is 11.1 Å². The fraction of sp³-hybridized carbons (Fsp3) is 0.250. The summed E-state index contributed by atoms with van der Waals surface area (Å²) < 4.78 is 0. The van der Waals surface area contributed by atoms with Crippen LogP contribution in [0.2, 0.25) is 0 Å². The molecule has 3 rings (SSSR count). The van der Waals surface area contributed by atoms with Gasteiger partial charge in [0.15, 0.2) is 0 Å². The molecular weight excluding hydrogens is 234 g/mol. The lowest BCUT2D eigenvalue weighted by molar-refractivity contribution is 0.283. The van der Waals surface area contributed by atoms with Crippen molar-refractivity contribution in [2.24, 2.45) is 4.99 Å². The van der Waals surface area contributed by atoms with Crippen molar-refractivity contribution in [1.82, 2.24) is 9.88 Å². The monoisotopic (exact) mass is 251 g/mol. The van der Waals surface area contributed by atoms with Crippen LogP contribution in [-0.2, 0) is 5.54 Å². The van der Waals surface area contributed by atoms with Crippen LogP contribution in [-0.4, -0.2) is 23.3 Å². The Morgan fingerprint density at radius 2 is 1.89 bits per heavy atom. The molecule has 2 aromatic rings. The summed E-state index contributed by atoms with van der Waals surface area (Å²) in [6, 6.07) is 12.4. The number of fused-ring (bicyclic) bond motifs is 1. The summed E-state index contributed by atoms with van der Waals surface area (Å²) in [7, 11) is 2.05. The Morgan fingerprint density at radius 1 is 1.11 bits per heavy atom. The zero-order valence-electron chi connectivity index (χ0n) is 11.5. The third kappa shape index (κ3) is 1.65. The molecule has 0 aliphatic carbocycles. The van der Waals surface area contributed by atoms with Crippen LogP contribution in [0.15, 0.2) is 47.6 Å². The topological polar surface area (TPSA) is 28.5 Å². The van der Waals surface area contributed by atoms with E-state index in [1.807, 2.05) is 31.7 Å². The largest absolute Gasteiger partial charge is 0.350 e. The Balaban J connectivity index is 2.28. The van der Waals surface area contributed by atoms with E-state index in [0.29, 0.717) is 0 Å². The molecule has 3 heteroatoms. The second kappa shape index (κ2) is 4.19. The van der Waals surface area contributed by atoms with Gasteiger partial charge in [0.1, 0.15) is 5.54 Å². The van der Waals surface area contributed by atoms with Crippen LogP contribution in [0.3, 0.4) is 0 Å². The first kappa shape index (κ1) is 11.9. The lowest BCUT2D eigenvalue weighted by Gasteiger charge is -2.41. The molecule has 96 valence electrons. The van der Waals surface area contributed by atoms with Crippen molar-refractivity contribution in [2.45, 2.75) is 19.4 Å². The molecule has 3 nitrogen and oxygen atoms in total. The summed E-state index contributed by atoms with van der Waals surface area (Å²) in [4.78, 5) is 11.2. The molecule has 0 N–H and O–H groups in total. The predicted molar refractivity (Wildman–Crippen MR) is 77.8 cm³/mol. The van der Waals surface area contributed by atoms with Crippen molar-refractivity contribution in [2.75, 3.05) is 7.05 Å². The first-order valence-corrected chi connectivity index (χ1v) is 6.43. The van der Waals surface area contributed by atoms with Gasteiger partial charge < -0.3 is 4.90 Å². The Hall–Kier alpha value is -2.16. The van der Waals surface area contributed by atoms with Gasteiger partial charge in [-0.3, -0.25) is 4.98 Å². The first-order chi connectivity index (χ1) is 9.14. The number of benzene rings is 1. The maximum absolute atomic E-state index is 4.58. The minimum Gasteiger partial charge on any atom is -0.350 e. The highest BCUT2D eigenvalue weighted by Gasteiger charge is 2.38. The van der Waals surface area contributed by atoms with Crippen LogP contribution in [0.25, 0.3) is 0 Å². The summed E-state index contributed by atoms with van der Waals surface area (Å²) >= 11 is 0. The molecule has 1 aromatic heterocycles. The molecule has 0 bridgehead atoms. The summed E-state index contributed by atoms with van der Waals surface area (Å²) in [5.41, 5.74) is 4.22. The maximum Gasteiger partial charge on any atom is 0.108 e. The lowest BCUT2D eigenvalue weighted by Crippen LogP contribution is -2.44. The van der Waals surface area contributed by atoms with Crippen LogP contribution < -0.4 is 0 Å². The minimum atomic E-state index is -0.274. The van der Waals surface area contributed by atoms with E-state index in [-0.39, 0.29) is 5.54 Å². The fourth-order valence-electron chi connectivity index (χ4n) is 2.74. The molecule has 0 saturated heterocycles. The van der Waals surface area contributed by atoms with Crippen LogP contribution in [0.1, 0.15) is 23.7 Å². The molecule has 0 amide bonds. The number of hydrogen-bond acceptors (Lipinski definition) is 3. The Bertz CT molecular complexity index is 648. The van der Waals surface area contributed by atoms with Gasteiger partial charge in [0.25, 0.3) is 0 Å². The smallest absolute Gasteiger partial charge is 0.108 e. The van der Waals surface area contributed by atoms with Gasteiger partial charge in [-0.2, -0.15) is 0 Å². The van der Waals surface area contributed by atoms with Gasteiger partial charge in [0.05, 0.1) is 17.7 Å². The average molecular weight is 251 g/mol. The number of aliphatic imine (C=N–C) groups is 1. The molecule has 0 radical (unpaired) electrons. The second-order valence-corrected chi connectivity index (χ2v) is 5.11. The lowest BCUT2D eigenvalue weighted by atomic mass is 9.83. The molecule has 0 fully saturated rings. The predicted octanol–water partition coefficient (Wildman–Crippen LogP) is 3.26. The van der Waals surface area contributed by atoms with E-state index in [0.717, 1.165) is 11.4 Å². The normalized spacial score (nSPS) is 21.3. The summed E-state index contributed by atoms with van der Waals surface area (Å²) in [5, 5.41) is 0. The summed E-state index contributed by atoms with van der Waals surface area (Å²) in [6.45, 7) is 4.34. The highest BCUT2D eigenvalue weighted by molar-refractivity contribution is 5.70. The van der Waals surface area contributed by atoms with Gasteiger partial charge in [-0.25, -0.2) is 4.99 Å². The zero-order chi connectivity index (χ0) is 13.5. The molecule has 1 unspecified atom stereocenters. The third-order valence-electron chi connectivity index (χ3n) is 3.99. The molecule has 19 heavy (non-hydrogen) atoms. The Morgan fingerprint density at radius 3 is 2.68 bits per heavy atom. The quantitative estimate of drug-likeness (QED) is 0.778. The van der Waals surface area contributed by atoms with Crippen molar-refractivity contribution in [3.63, 3.8) is 0 Å². The molecule has 2 heterocycles.